The van der Waals surface area contributed by atoms with Crippen molar-refractivity contribution in [2.75, 3.05) is 7.11 Å². The molecule has 0 aliphatic carbocycles. The van der Waals surface area contributed by atoms with E-state index in [9.17, 15) is 0 Å². The molecule has 0 saturated carbocycles. The van der Waals surface area contributed by atoms with E-state index in [0.717, 1.165) is 23.1 Å². The van der Waals surface area contributed by atoms with Gasteiger partial charge in [0.05, 0.1) is 7.11 Å². The molecule has 1 atom stereocenters. The Morgan fingerprint density at radius 3 is 2.32 bits per heavy atom. The highest BCUT2D eigenvalue weighted by Crippen LogP contribution is 2.16. The number of hydrogen-bond acceptors (Lipinski definition) is 2. The highest BCUT2D eigenvalue weighted by Gasteiger charge is 2.06. The topological polar surface area (TPSA) is 35.2 Å². The quantitative estimate of drug-likeness (QED) is 0.914. The van der Waals surface area contributed by atoms with E-state index in [1.807, 2.05) is 30.3 Å². The molecule has 0 radical (unpaired) electrons. The monoisotopic (exact) mass is 319 g/mol. The predicted octanol–water partition coefficient (Wildman–Crippen LogP) is 3.57. The van der Waals surface area contributed by atoms with Crippen molar-refractivity contribution in [1.29, 1.82) is 0 Å². The van der Waals surface area contributed by atoms with E-state index in [1.54, 1.807) is 7.11 Å². The number of hydrogen-bond donors (Lipinski definition) is 1. The summed E-state index contributed by atoms with van der Waals surface area (Å²) < 4.78 is 6.32. The van der Waals surface area contributed by atoms with Crippen molar-refractivity contribution in [2.45, 2.75) is 18.9 Å². The van der Waals surface area contributed by atoms with Crippen LogP contribution in [0.2, 0.25) is 0 Å². The molecule has 2 N–H and O–H groups in total. The van der Waals surface area contributed by atoms with Crippen LogP contribution < -0.4 is 10.5 Å². The lowest BCUT2D eigenvalue weighted by molar-refractivity contribution is 0.414. The fourth-order valence-corrected chi connectivity index (χ4v) is 2.59. The molecule has 0 aliphatic heterocycles. The summed E-state index contributed by atoms with van der Waals surface area (Å²) in [5.41, 5.74) is 8.69. The number of nitrogens with two attached hydrogens (primary N) is 1. The van der Waals surface area contributed by atoms with Gasteiger partial charge in [0.15, 0.2) is 0 Å². The third kappa shape index (κ3) is 4.37. The van der Waals surface area contributed by atoms with E-state index in [-0.39, 0.29) is 6.04 Å². The molecule has 3 heteroatoms. The highest BCUT2D eigenvalue weighted by atomic mass is 79.9. The fraction of sp³-hybridized carbons (Fsp3) is 0.250. The maximum absolute atomic E-state index is 6.22. The molecule has 0 spiro atoms. The second-order valence-electron chi connectivity index (χ2n) is 4.65. The molecule has 2 rings (SSSR count). The minimum Gasteiger partial charge on any atom is -0.497 e. The SMILES string of the molecule is COc1cccc(CC(N)Cc2cccc(Br)c2)c1. The van der Waals surface area contributed by atoms with Crippen LogP contribution in [0, 0.1) is 0 Å². The van der Waals surface area contributed by atoms with Crippen molar-refractivity contribution < 1.29 is 4.74 Å². The molecule has 0 bridgehead atoms. The molecule has 0 aromatic heterocycles. The summed E-state index contributed by atoms with van der Waals surface area (Å²) in [5, 5.41) is 0. The molecule has 0 saturated heterocycles. The van der Waals surface area contributed by atoms with Crippen LogP contribution in [-0.2, 0) is 12.8 Å². The lowest BCUT2D eigenvalue weighted by Crippen LogP contribution is -2.25. The van der Waals surface area contributed by atoms with Gasteiger partial charge in [0.2, 0.25) is 0 Å². The summed E-state index contributed by atoms with van der Waals surface area (Å²) in [4.78, 5) is 0. The minimum atomic E-state index is 0.112. The Bertz CT molecular complexity index is 542. The van der Waals surface area contributed by atoms with E-state index < -0.39 is 0 Å². The number of rotatable bonds is 5. The largest absolute Gasteiger partial charge is 0.497 e. The third-order valence-electron chi connectivity index (χ3n) is 3.02. The number of halogens is 1. The van der Waals surface area contributed by atoms with Crippen LogP contribution in [0.15, 0.2) is 53.0 Å². The van der Waals surface area contributed by atoms with E-state index >= 15 is 0 Å². The van der Waals surface area contributed by atoms with Gasteiger partial charge < -0.3 is 10.5 Å². The molecular weight excluding hydrogens is 302 g/mol. The van der Waals surface area contributed by atoms with Gasteiger partial charge in [0.25, 0.3) is 0 Å². The summed E-state index contributed by atoms with van der Waals surface area (Å²) in [6, 6.07) is 16.5. The average molecular weight is 320 g/mol. The number of ether oxygens (including phenoxy) is 1. The zero-order chi connectivity index (χ0) is 13.7. The maximum atomic E-state index is 6.22. The van der Waals surface area contributed by atoms with Gasteiger partial charge in [-0.3, -0.25) is 0 Å². The van der Waals surface area contributed by atoms with Crippen molar-refractivity contribution in [3.05, 3.63) is 64.1 Å². The van der Waals surface area contributed by atoms with Gasteiger partial charge in [0, 0.05) is 10.5 Å². The Hall–Kier alpha value is -1.32. The highest BCUT2D eigenvalue weighted by molar-refractivity contribution is 9.10. The van der Waals surface area contributed by atoms with Crippen LogP contribution in [0.25, 0.3) is 0 Å². The molecule has 19 heavy (non-hydrogen) atoms. The van der Waals surface area contributed by atoms with Gasteiger partial charge in [-0.15, -0.1) is 0 Å². The second-order valence-corrected chi connectivity index (χ2v) is 5.57. The Balaban J connectivity index is 1.98. The van der Waals surface area contributed by atoms with Crippen molar-refractivity contribution in [3.8, 4) is 5.75 Å². The van der Waals surface area contributed by atoms with Crippen LogP contribution in [0.1, 0.15) is 11.1 Å². The van der Waals surface area contributed by atoms with Crippen molar-refractivity contribution in [3.63, 3.8) is 0 Å². The van der Waals surface area contributed by atoms with Crippen molar-refractivity contribution in [1.82, 2.24) is 0 Å². The molecule has 0 aliphatic rings. The molecule has 2 nitrogen and oxygen atoms in total. The summed E-state index contributed by atoms with van der Waals surface area (Å²) in [7, 11) is 1.68. The molecule has 2 aromatic carbocycles. The van der Waals surface area contributed by atoms with E-state index in [1.165, 1.54) is 11.1 Å². The second kappa shape index (κ2) is 6.73. The average Bonchev–Trinajstić information content (AvgIpc) is 2.38. The van der Waals surface area contributed by atoms with Crippen molar-refractivity contribution >= 4 is 15.9 Å². The lowest BCUT2D eigenvalue weighted by Gasteiger charge is -2.12. The van der Waals surface area contributed by atoms with Crippen LogP contribution in [0.5, 0.6) is 5.75 Å². The zero-order valence-corrected chi connectivity index (χ0v) is 12.6. The Labute approximate surface area is 122 Å². The smallest absolute Gasteiger partial charge is 0.119 e. The molecular formula is C16H18BrNO. The van der Waals surface area contributed by atoms with E-state index in [4.69, 9.17) is 10.5 Å². The number of benzene rings is 2. The fourth-order valence-electron chi connectivity index (χ4n) is 2.14. The summed E-state index contributed by atoms with van der Waals surface area (Å²) in [6.07, 6.45) is 1.72. The van der Waals surface area contributed by atoms with Gasteiger partial charge in [-0.1, -0.05) is 40.2 Å². The first-order valence-corrected chi connectivity index (χ1v) is 7.09. The Kier molecular flexibility index (Phi) is 5.00. The van der Waals surface area contributed by atoms with Crippen LogP contribution in [0.3, 0.4) is 0 Å². The maximum Gasteiger partial charge on any atom is 0.119 e. The van der Waals surface area contributed by atoms with E-state index in [2.05, 4.69) is 34.1 Å². The normalized spacial score (nSPS) is 12.2. The lowest BCUT2D eigenvalue weighted by atomic mass is 10.00. The Morgan fingerprint density at radius 1 is 1.05 bits per heavy atom. The van der Waals surface area contributed by atoms with Crippen LogP contribution in [-0.4, -0.2) is 13.2 Å². The minimum absolute atomic E-state index is 0.112. The molecule has 0 amide bonds. The summed E-state index contributed by atoms with van der Waals surface area (Å²) >= 11 is 3.48. The van der Waals surface area contributed by atoms with Gasteiger partial charge in [-0.05, 0) is 48.2 Å². The first kappa shape index (κ1) is 14.1. The van der Waals surface area contributed by atoms with Gasteiger partial charge in [-0.2, -0.15) is 0 Å². The van der Waals surface area contributed by atoms with E-state index in [0.29, 0.717) is 0 Å². The number of methoxy groups -OCH3 is 1. The van der Waals surface area contributed by atoms with Gasteiger partial charge >= 0.3 is 0 Å². The van der Waals surface area contributed by atoms with Gasteiger partial charge in [0.1, 0.15) is 5.75 Å². The standard InChI is InChI=1S/C16H18BrNO/c1-19-16-7-3-5-13(11-16)10-15(18)9-12-4-2-6-14(17)8-12/h2-8,11,15H,9-10,18H2,1H3. The zero-order valence-electron chi connectivity index (χ0n) is 11.0. The van der Waals surface area contributed by atoms with Crippen molar-refractivity contribution in [2.24, 2.45) is 5.73 Å². The molecule has 0 heterocycles. The Morgan fingerprint density at radius 2 is 1.68 bits per heavy atom. The van der Waals surface area contributed by atoms with Crippen LogP contribution >= 0.6 is 15.9 Å². The first-order chi connectivity index (χ1) is 9.17. The first-order valence-electron chi connectivity index (χ1n) is 6.30. The predicted molar refractivity (Wildman–Crippen MR) is 82.5 cm³/mol. The summed E-state index contributed by atoms with van der Waals surface area (Å²) in [6.45, 7) is 0. The third-order valence-corrected chi connectivity index (χ3v) is 3.51. The molecule has 100 valence electrons. The summed E-state index contributed by atoms with van der Waals surface area (Å²) in [5.74, 6) is 0.882. The van der Waals surface area contributed by atoms with Crippen LogP contribution in [0.4, 0.5) is 0 Å². The molecule has 1 unspecified atom stereocenters. The molecule has 2 aromatic rings. The molecule has 0 fully saturated rings. The van der Waals surface area contributed by atoms with Gasteiger partial charge in [-0.25, -0.2) is 0 Å².